The van der Waals surface area contributed by atoms with Crippen LogP contribution in [0.4, 0.5) is 18.9 Å². The zero-order valence-corrected chi connectivity index (χ0v) is 19.5. The summed E-state index contributed by atoms with van der Waals surface area (Å²) in [6.07, 6.45) is -4.49. The molecule has 34 heavy (non-hydrogen) atoms. The van der Waals surface area contributed by atoms with Crippen molar-refractivity contribution in [2.24, 2.45) is 11.7 Å². The Morgan fingerprint density at radius 1 is 1.03 bits per heavy atom. The molecule has 11 heteroatoms. The minimum absolute atomic E-state index is 0.282. The van der Waals surface area contributed by atoms with Crippen LogP contribution >= 0.6 is 0 Å². The first-order chi connectivity index (χ1) is 15.9. The standard InChI is InChI=1S/C23H26F3N3O4S/c1-14-12-28(17-7-9-18(10-8-17)33-23(24,25)26)13-15(2)29(14)34(31,32)21-19-6-4-3-5-16(19)11-20(21)22(27)30/h3-10,14-15,20-21H,11-13H2,1-2H3,(H2,27,30)/t14?,15?,20-,21+/m1/s1. The van der Waals surface area contributed by atoms with Crippen molar-refractivity contribution in [2.45, 2.75) is 44.0 Å². The highest BCUT2D eigenvalue weighted by Crippen LogP contribution is 2.44. The van der Waals surface area contributed by atoms with Crippen molar-refractivity contribution < 1.29 is 31.1 Å². The summed E-state index contributed by atoms with van der Waals surface area (Å²) in [7, 11) is -3.94. The number of primary amides is 1. The van der Waals surface area contributed by atoms with Gasteiger partial charge in [-0.2, -0.15) is 4.31 Å². The highest BCUT2D eigenvalue weighted by atomic mass is 32.2. The van der Waals surface area contributed by atoms with Crippen molar-refractivity contribution in [3.63, 3.8) is 0 Å². The Kier molecular flexibility index (Phi) is 6.28. The number of benzene rings is 2. The topological polar surface area (TPSA) is 92.9 Å². The molecule has 2 N–H and O–H groups in total. The fourth-order valence-corrected chi connectivity index (χ4v) is 7.78. The Labute approximate surface area is 196 Å². The van der Waals surface area contributed by atoms with Crippen molar-refractivity contribution in [2.75, 3.05) is 18.0 Å². The molecule has 7 nitrogen and oxygen atoms in total. The number of ether oxygens (including phenoxy) is 1. The summed E-state index contributed by atoms with van der Waals surface area (Å²) in [5, 5.41) is -1.04. The van der Waals surface area contributed by atoms with Gasteiger partial charge in [0.1, 0.15) is 11.0 Å². The summed E-state index contributed by atoms with van der Waals surface area (Å²) in [6, 6.07) is 11.7. The molecule has 2 aromatic carbocycles. The van der Waals surface area contributed by atoms with Gasteiger partial charge in [-0.15, -0.1) is 13.2 Å². The monoisotopic (exact) mass is 497 g/mol. The lowest BCUT2D eigenvalue weighted by Crippen LogP contribution is -2.59. The Hall–Kier alpha value is -2.79. The Bertz CT molecular complexity index is 1160. The summed E-state index contributed by atoms with van der Waals surface area (Å²) < 4.78 is 70.4. The number of rotatable bonds is 5. The Morgan fingerprint density at radius 3 is 2.18 bits per heavy atom. The number of hydrogen-bond acceptors (Lipinski definition) is 5. The van der Waals surface area contributed by atoms with Crippen LogP contribution in [0.15, 0.2) is 48.5 Å². The molecule has 1 heterocycles. The number of fused-ring (bicyclic) bond motifs is 1. The maximum atomic E-state index is 13.9. The lowest BCUT2D eigenvalue weighted by atomic mass is 10.1. The number of nitrogens with zero attached hydrogens (tertiary/aromatic N) is 2. The smallest absolute Gasteiger partial charge is 0.406 e. The highest BCUT2D eigenvalue weighted by molar-refractivity contribution is 7.89. The molecule has 1 fully saturated rings. The van der Waals surface area contributed by atoms with Gasteiger partial charge in [-0.3, -0.25) is 4.79 Å². The van der Waals surface area contributed by atoms with Gasteiger partial charge in [-0.1, -0.05) is 24.3 Å². The molecule has 2 aliphatic rings. The van der Waals surface area contributed by atoms with Gasteiger partial charge in [-0.25, -0.2) is 8.42 Å². The van der Waals surface area contributed by atoms with E-state index in [0.717, 1.165) is 5.56 Å². The molecule has 0 radical (unpaired) electrons. The second-order valence-corrected chi connectivity index (χ2v) is 10.8. The van der Waals surface area contributed by atoms with E-state index < -0.39 is 45.5 Å². The third kappa shape index (κ3) is 4.58. The van der Waals surface area contributed by atoms with Crippen LogP contribution in [-0.4, -0.2) is 50.2 Å². The van der Waals surface area contributed by atoms with Crippen LogP contribution in [0.3, 0.4) is 0 Å². The molecule has 1 saturated heterocycles. The lowest BCUT2D eigenvalue weighted by Gasteiger charge is -2.45. The number of amides is 1. The number of piperazine rings is 1. The van der Waals surface area contributed by atoms with Gasteiger partial charge in [0.2, 0.25) is 15.9 Å². The predicted molar refractivity (Wildman–Crippen MR) is 121 cm³/mol. The Balaban J connectivity index is 1.57. The number of nitrogens with two attached hydrogens (primary N) is 1. The molecule has 0 spiro atoms. The molecule has 0 bridgehead atoms. The van der Waals surface area contributed by atoms with Gasteiger partial charge in [0.15, 0.2) is 0 Å². The van der Waals surface area contributed by atoms with Crippen LogP contribution < -0.4 is 15.4 Å². The minimum Gasteiger partial charge on any atom is -0.406 e. The van der Waals surface area contributed by atoms with Crippen LogP contribution in [0.2, 0.25) is 0 Å². The molecule has 0 aromatic heterocycles. The number of carbonyl (C=O) groups excluding carboxylic acids is 1. The molecule has 1 aliphatic carbocycles. The molecule has 184 valence electrons. The van der Waals surface area contributed by atoms with Gasteiger partial charge in [0.25, 0.3) is 0 Å². The summed E-state index contributed by atoms with van der Waals surface area (Å²) >= 11 is 0. The number of anilines is 1. The average molecular weight is 498 g/mol. The van der Waals surface area contributed by atoms with E-state index in [-0.39, 0.29) is 12.2 Å². The SMILES string of the molecule is CC1CN(c2ccc(OC(F)(F)F)cc2)CC(C)N1S(=O)(=O)[C@H]1c2ccccc2C[C@H]1C(N)=O. The van der Waals surface area contributed by atoms with Gasteiger partial charge in [-0.05, 0) is 55.7 Å². The van der Waals surface area contributed by atoms with E-state index in [0.29, 0.717) is 24.3 Å². The quantitative estimate of drug-likeness (QED) is 0.685. The van der Waals surface area contributed by atoms with Crippen LogP contribution in [0, 0.1) is 5.92 Å². The van der Waals surface area contributed by atoms with Crippen LogP contribution in [0.5, 0.6) is 5.75 Å². The molecule has 0 saturated carbocycles. The lowest BCUT2D eigenvalue weighted by molar-refractivity contribution is -0.274. The summed E-state index contributed by atoms with van der Waals surface area (Å²) in [5.41, 5.74) is 7.67. The summed E-state index contributed by atoms with van der Waals surface area (Å²) in [5.74, 6) is -1.82. The fraction of sp³-hybridized carbons (Fsp3) is 0.435. The van der Waals surface area contributed by atoms with Gasteiger partial charge < -0.3 is 15.4 Å². The third-order valence-electron chi connectivity index (χ3n) is 6.42. The summed E-state index contributed by atoms with van der Waals surface area (Å²) in [6.45, 7) is 4.22. The number of sulfonamides is 1. The number of alkyl halides is 3. The highest BCUT2D eigenvalue weighted by Gasteiger charge is 2.50. The average Bonchev–Trinajstić information content (AvgIpc) is 3.13. The van der Waals surface area contributed by atoms with Crippen molar-refractivity contribution >= 4 is 21.6 Å². The zero-order chi connectivity index (χ0) is 24.8. The predicted octanol–water partition coefficient (Wildman–Crippen LogP) is 3.21. The molecular formula is C23H26F3N3O4S. The van der Waals surface area contributed by atoms with E-state index in [1.54, 1.807) is 32.0 Å². The van der Waals surface area contributed by atoms with Crippen molar-refractivity contribution in [3.8, 4) is 5.75 Å². The molecule has 4 rings (SSSR count). The third-order valence-corrected chi connectivity index (χ3v) is 8.95. The molecule has 2 unspecified atom stereocenters. The van der Waals surface area contributed by atoms with Gasteiger partial charge in [0.05, 0.1) is 5.92 Å². The first kappa shape index (κ1) is 24.3. The van der Waals surface area contributed by atoms with E-state index >= 15 is 0 Å². The maximum Gasteiger partial charge on any atom is 0.573 e. The fourth-order valence-electron chi connectivity index (χ4n) is 5.19. The minimum atomic E-state index is -4.77. The van der Waals surface area contributed by atoms with Gasteiger partial charge >= 0.3 is 6.36 Å². The summed E-state index contributed by atoms with van der Waals surface area (Å²) in [4.78, 5) is 14.1. The van der Waals surface area contributed by atoms with E-state index in [4.69, 9.17) is 5.73 Å². The van der Waals surface area contributed by atoms with E-state index in [9.17, 15) is 26.4 Å². The molecule has 1 amide bonds. The Morgan fingerprint density at radius 2 is 1.62 bits per heavy atom. The molecular weight excluding hydrogens is 471 g/mol. The first-order valence-electron chi connectivity index (χ1n) is 10.9. The molecule has 1 aliphatic heterocycles. The maximum absolute atomic E-state index is 13.9. The van der Waals surface area contributed by atoms with Crippen molar-refractivity contribution in [1.82, 2.24) is 4.31 Å². The van der Waals surface area contributed by atoms with E-state index in [2.05, 4.69) is 4.74 Å². The molecule has 2 aromatic rings. The number of hydrogen-bond donors (Lipinski definition) is 1. The van der Waals surface area contributed by atoms with Crippen molar-refractivity contribution in [3.05, 3.63) is 59.7 Å². The van der Waals surface area contributed by atoms with Gasteiger partial charge in [0, 0.05) is 30.9 Å². The largest absolute Gasteiger partial charge is 0.573 e. The van der Waals surface area contributed by atoms with Crippen LogP contribution in [0.25, 0.3) is 0 Å². The number of halogens is 3. The van der Waals surface area contributed by atoms with Crippen LogP contribution in [-0.2, 0) is 21.2 Å². The van der Waals surface area contributed by atoms with E-state index in [1.807, 2.05) is 11.0 Å². The molecule has 4 atom stereocenters. The normalized spacial score (nSPS) is 25.7. The number of carbonyl (C=O) groups is 1. The second kappa shape index (κ2) is 8.77. The second-order valence-electron chi connectivity index (χ2n) is 8.85. The van der Waals surface area contributed by atoms with E-state index in [1.165, 1.54) is 28.6 Å². The van der Waals surface area contributed by atoms with Crippen LogP contribution in [0.1, 0.15) is 30.2 Å². The first-order valence-corrected chi connectivity index (χ1v) is 12.4. The zero-order valence-electron chi connectivity index (χ0n) is 18.7. The van der Waals surface area contributed by atoms with Crippen molar-refractivity contribution in [1.29, 1.82) is 0 Å².